The molecule has 3 heterocycles. The van der Waals surface area contributed by atoms with Gasteiger partial charge in [0.05, 0.1) is 25.1 Å². The monoisotopic (exact) mass is 345 g/mol. The number of nitrogens with zero attached hydrogens (tertiary/aromatic N) is 5. The second-order valence-electron chi connectivity index (χ2n) is 6.60. The van der Waals surface area contributed by atoms with Gasteiger partial charge >= 0.3 is 0 Å². The third kappa shape index (κ3) is 2.61. The minimum Gasteiger partial charge on any atom is -0.361 e. The number of H-pyrrole nitrogens is 1. The molecule has 7 nitrogen and oxygen atoms in total. The van der Waals surface area contributed by atoms with Gasteiger partial charge in [-0.2, -0.15) is 5.10 Å². The zero-order valence-corrected chi connectivity index (χ0v) is 14.3. The van der Waals surface area contributed by atoms with Crippen molar-refractivity contribution in [1.82, 2.24) is 29.7 Å². The number of anilines is 1. The Bertz CT molecular complexity index is 1030. The Balaban J connectivity index is 1.44. The molecule has 5 rings (SSSR count). The fourth-order valence-electron chi connectivity index (χ4n) is 3.70. The van der Waals surface area contributed by atoms with Crippen LogP contribution in [0.2, 0.25) is 0 Å². The fraction of sp³-hybridized carbons (Fsp3) is 0.263. The van der Waals surface area contributed by atoms with E-state index in [0.29, 0.717) is 5.65 Å². The van der Waals surface area contributed by atoms with Gasteiger partial charge in [-0.05, 0) is 24.8 Å². The summed E-state index contributed by atoms with van der Waals surface area (Å²) in [5.74, 6) is 0.793. The highest BCUT2D eigenvalue weighted by Gasteiger charge is 2.25. The summed E-state index contributed by atoms with van der Waals surface area (Å²) >= 11 is 0. The van der Waals surface area contributed by atoms with Crippen LogP contribution in [0.5, 0.6) is 0 Å². The first kappa shape index (κ1) is 15.1. The van der Waals surface area contributed by atoms with Crippen molar-refractivity contribution < 1.29 is 0 Å². The Hall–Kier alpha value is -3.22. The first-order valence-electron chi connectivity index (χ1n) is 8.87. The van der Waals surface area contributed by atoms with E-state index in [1.165, 1.54) is 16.8 Å². The van der Waals surface area contributed by atoms with Crippen LogP contribution in [0, 0.1) is 0 Å². The molecule has 26 heavy (non-hydrogen) atoms. The maximum absolute atomic E-state index is 4.66. The third-order valence-corrected chi connectivity index (χ3v) is 4.97. The summed E-state index contributed by atoms with van der Waals surface area (Å²) in [6, 6.07) is 10.7. The highest BCUT2D eigenvalue weighted by molar-refractivity contribution is 5.82. The van der Waals surface area contributed by atoms with Crippen molar-refractivity contribution in [2.45, 2.75) is 31.8 Å². The first-order chi connectivity index (χ1) is 12.9. The van der Waals surface area contributed by atoms with E-state index in [1.54, 1.807) is 12.7 Å². The summed E-state index contributed by atoms with van der Waals surface area (Å²) in [7, 11) is 0. The molecule has 1 aliphatic carbocycles. The van der Waals surface area contributed by atoms with Crippen LogP contribution in [0.1, 0.15) is 35.7 Å². The van der Waals surface area contributed by atoms with Crippen molar-refractivity contribution in [3.8, 4) is 0 Å². The largest absolute Gasteiger partial charge is 0.361 e. The maximum Gasteiger partial charge on any atom is 0.182 e. The predicted octanol–water partition coefficient (Wildman–Crippen LogP) is 3.09. The Kier molecular flexibility index (Phi) is 3.62. The van der Waals surface area contributed by atoms with Crippen molar-refractivity contribution in [2.24, 2.45) is 0 Å². The van der Waals surface area contributed by atoms with Crippen LogP contribution in [0.15, 0.2) is 49.2 Å². The van der Waals surface area contributed by atoms with Gasteiger partial charge in [-0.3, -0.25) is 4.68 Å². The average molecular weight is 345 g/mol. The normalized spacial score (nSPS) is 16.5. The van der Waals surface area contributed by atoms with Gasteiger partial charge in [0.2, 0.25) is 0 Å². The number of hydrogen-bond donors (Lipinski definition) is 2. The van der Waals surface area contributed by atoms with E-state index in [2.05, 4.69) is 59.3 Å². The van der Waals surface area contributed by atoms with Gasteiger partial charge in [0.15, 0.2) is 11.5 Å². The standard InChI is InChI=1S/C19H19N7/c1-2-5-13(6-3-1)10-26-16-8-4-7-15(14(16)9-24-26)25-19-17-18(21-11-20-17)22-12-23-19/h1-3,5-6,9,11-12,15H,4,7-8,10H2,(H2,20,21,22,23,25). The van der Waals surface area contributed by atoms with Gasteiger partial charge in [0.25, 0.3) is 0 Å². The van der Waals surface area contributed by atoms with E-state index in [1.807, 2.05) is 12.3 Å². The molecule has 0 aliphatic heterocycles. The molecular formula is C19H19N7. The van der Waals surface area contributed by atoms with Crippen LogP contribution in [0.25, 0.3) is 11.2 Å². The molecule has 0 saturated carbocycles. The molecule has 130 valence electrons. The molecule has 4 aromatic rings. The van der Waals surface area contributed by atoms with Gasteiger partial charge in [-0.25, -0.2) is 15.0 Å². The third-order valence-electron chi connectivity index (χ3n) is 4.97. The van der Waals surface area contributed by atoms with Gasteiger partial charge in [0.1, 0.15) is 11.8 Å². The van der Waals surface area contributed by atoms with E-state index in [-0.39, 0.29) is 6.04 Å². The highest BCUT2D eigenvalue weighted by Crippen LogP contribution is 2.33. The number of aromatic nitrogens is 6. The zero-order valence-electron chi connectivity index (χ0n) is 14.3. The smallest absolute Gasteiger partial charge is 0.182 e. The molecule has 3 aromatic heterocycles. The van der Waals surface area contributed by atoms with Crippen molar-refractivity contribution >= 4 is 17.0 Å². The molecule has 0 radical (unpaired) electrons. The SMILES string of the molecule is c1ccc(Cn2ncc3c2CCCC3Nc2ncnc3nc[nH]c23)cc1. The lowest BCUT2D eigenvalue weighted by Crippen LogP contribution is -2.19. The summed E-state index contributed by atoms with van der Waals surface area (Å²) in [4.78, 5) is 15.9. The molecule has 1 aromatic carbocycles. The average Bonchev–Trinajstić information content (AvgIpc) is 3.31. The molecule has 0 bridgehead atoms. The Morgan fingerprint density at radius 2 is 2.08 bits per heavy atom. The number of benzene rings is 1. The molecule has 2 N–H and O–H groups in total. The quantitative estimate of drug-likeness (QED) is 0.594. The number of rotatable bonds is 4. The van der Waals surface area contributed by atoms with E-state index in [9.17, 15) is 0 Å². The van der Waals surface area contributed by atoms with Crippen LogP contribution in [-0.4, -0.2) is 29.7 Å². The second kappa shape index (κ2) is 6.25. The van der Waals surface area contributed by atoms with Crippen molar-refractivity contribution in [1.29, 1.82) is 0 Å². The van der Waals surface area contributed by atoms with Crippen LogP contribution in [-0.2, 0) is 13.0 Å². The maximum atomic E-state index is 4.66. The summed E-state index contributed by atoms with van der Waals surface area (Å²) in [6.45, 7) is 0.807. The molecule has 1 atom stereocenters. The fourth-order valence-corrected chi connectivity index (χ4v) is 3.70. The lowest BCUT2D eigenvalue weighted by molar-refractivity contribution is 0.556. The molecule has 0 fully saturated rings. The molecule has 1 aliphatic rings. The van der Waals surface area contributed by atoms with Crippen LogP contribution < -0.4 is 5.32 Å². The van der Waals surface area contributed by atoms with Gasteiger partial charge in [-0.15, -0.1) is 0 Å². The van der Waals surface area contributed by atoms with E-state index >= 15 is 0 Å². The van der Waals surface area contributed by atoms with Crippen molar-refractivity contribution in [3.05, 3.63) is 66.0 Å². The Morgan fingerprint density at radius 3 is 3.00 bits per heavy atom. The molecule has 0 amide bonds. The van der Waals surface area contributed by atoms with Crippen molar-refractivity contribution in [2.75, 3.05) is 5.32 Å². The number of nitrogens with one attached hydrogen (secondary N) is 2. The Labute approximate surface area is 150 Å². The zero-order chi connectivity index (χ0) is 17.3. The minimum absolute atomic E-state index is 0.199. The van der Waals surface area contributed by atoms with Gasteiger partial charge in [0, 0.05) is 11.3 Å². The lowest BCUT2D eigenvalue weighted by Gasteiger charge is -2.24. The highest BCUT2D eigenvalue weighted by atomic mass is 15.3. The topological polar surface area (TPSA) is 84.3 Å². The number of hydrogen-bond acceptors (Lipinski definition) is 5. The number of fused-ring (bicyclic) bond motifs is 2. The molecular weight excluding hydrogens is 326 g/mol. The van der Waals surface area contributed by atoms with E-state index < -0.39 is 0 Å². The van der Waals surface area contributed by atoms with Gasteiger partial charge in [-0.1, -0.05) is 30.3 Å². The van der Waals surface area contributed by atoms with E-state index in [4.69, 9.17) is 0 Å². The van der Waals surface area contributed by atoms with Crippen molar-refractivity contribution in [3.63, 3.8) is 0 Å². The van der Waals surface area contributed by atoms with Crippen LogP contribution >= 0.6 is 0 Å². The summed E-state index contributed by atoms with van der Waals surface area (Å²) in [5, 5.41) is 8.23. The van der Waals surface area contributed by atoms with E-state index in [0.717, 1.165) is 37.1 Å². The predicted molar refractivity (Wildman–Crippen MR) is 98.8 cm³/mol. The summed E-state index contributed by atoms with van der Waals surface area (Å²) in [5.41, 5.74) is 5.36. The lowest BCUT2D eigenvalue weighted by atomic mass is 9.93. The number of imidazole rings is 1. The summed E-state index contributed by atoms with van der Waals surface area (Å²) in [6.07, 6.45) is 8.44. The Morgan fingerprint density at radius 1 is 1.15 bits per heavy atom. The van der Waals surface area contributed by atoms with Crippen LogP contribution in [0.3, 0.4) is 0 Å². The molecule has 0 spiro atoms. The van der Waals surface area contributed by atoms with Gasteiger partial charge < -0.3 is 10.3 Å². The molecule has 1 unspecified atom stereocenters. The van der Waals surface area contributed by atoms with Crippen LogP contribution in [0.4, 0.5) is 5.82 Å². The number of aromatic amines is 1. The summed E-state index contributed by atoms with van der Waals surface area (Å²) < 4.78 is 2.13. The molecule has 7 heteroatoms. The first-order valence-corrected chi connectivity index (χ1v) is 8.87. The second-order valence-corrected chi connectivity index (χ2v) is 6.60. The molecule has 0 saturated heterocycles. The minimum atomic E-state index is 0.199.